The summed E-state index contributed by atoms with van der Waals surface area (Å²) in [5.41, 5.74) is 2.45. The average Bonchev–Trinajstić information content (AvgIpc) is 2.82. The van der Waals surface area contributed by atoms with E-state index in [-0.39, 0.29) is 0 Å². The van der Waals surface area contributed by atoms with Gasteiger partial charge in [0.2, 0.25) is 0 Å². The SMILES string of the molecule is CCNCC1CCN(c2cn(C)nc2C)C1. The summed E-state index contributed by atoms with van der Waals surface area (Å²) in [5, 5.41) is 7.84. The van der Waals surface area contributed by atoms with E-state index in [2.05, 4.69) is 35.4 Å². The van der Waals surface area contributed by atoms with E-state index < -0.39 is 0 Å². The fourth-order valence-corrected chi connectivity index (χ4v) is 2.46. The lowest BCUT2D eigenvalue weighted by molar-refractivity contribution is 0.528. The summed E-state index contributed by atoms with van der Waals surface area (Å²) in [6, 6.07) is 0. The molecule has 1 unspecified atom stereocenters. The maximum absolute atomic E-state index is 4.40. The molecular formula is C12H22N4. The van der Waals surface area contributed by atoms with Crippen LogP contribution >= 0.6 is 0 Å². The topological polar surface area (TPSA) is 33.1 Å². The highest BCUT2D eigenvalue weighted by Crippen LogP contribution is 2.25. The molecule has 0 amide bonds. The second-order valence-electron chi connectivity index (χ2n) is 4.68. The summed E-state index contributed by atoms with van der Waals surface area (Å²) in [5.74, 6) is 0.791. The van der Waals surface area contributed by atoms with Gasteiger partial charge in [0.25, 0.3) is 0 Å². The highest BCUT2D eigenvalue weighted by molar-refractivity contribution is 5.49. The first-order valence-corrected chi connectivity index (χ1v) is 6.16. The number of aryl methyl sites for hydroxylation is 2. The number of hydrogen-bond donors (Lipinski definition) is 1. The molecule has 0 aliphatic carbocycles. The van der Waals surface area contributed by atoms with E-state index >= 15 is 0 Å². The van der Waals surface area contributed by atoms with Crippen molar-refractivity contribution in [1.82, 2.24) is 15.1 Å². The zero-order valence-corrected chi connectivity index (χ0v) is 10.5. The summed E-state index contributed by atoms with van der Waals surface area (Å²) >= 11 is 0. The van der Waals surface area contributed by atoms with E-state index in [1.54, 1.807) is 0 Å². The minimum Gasteiger partial charge on any atom is -0.368 e. The normalized spacial score (nSPS) is 20.7. The lowest BCUT2D eigenvalue weighted by Gasteiger charge is -2.17. The summed E-state index contributed by atoms with van der Waals surface area (Å²) in [7, 11) is 1.99. The molecule has 1 aromatic heterocycles. The first-order valence-electron chi connectivity index (χ1n) is 6.16. The van der Waals surface area contributed by atoms with E-state index in [4.69, 9.17) is 0 Å². The standard InChI is InChI=1S/C12H22N4/c1-4-13-7-11-5-6-16(8-11)12-9-15(3)14-10(12)2/h9,11,13H,4-8H2,1-3H3. The van der Waals surface area contributed by atoms with E-state index in [9.17, 15) is 0 Å². The van der Waals surface area contributed by atoms with Crippen LogP contribution in [-0.2, 0) is 7.05 Å². The zero-order chi connectivity index (χ0) is 11.5. The van der Waals surface area contributed by atoms with Crippen molar-refractivity contribution in [3.05, 3.63) is 11.9 Å². The average molecular weight is 222 g/mol. The third-order valence-corrected chi connectivity index (χ3v) is 3.30. The lowest BCUT2D eigenvalue weighted by Crippen LogP contribution is -2.26. The summed E-state index contributed by atoms with van der Waals surface area (Å²) in [6.07, 6.45) is 3.42. The first-order chi connectivity index (χ1) is 7.70. The van der Waals surface area contributed by atoms with Crippen LogP contribution < -0.4 is 10.2 Å². The van der Waals surface area contributed by atoms with Crippen LogP contribution in [0, 0.1) is 12.8 Å². The summed E-state index contributed by atoms with van der Waals surface area (Å²) in [4.78, 5) is 2.46. The van der Waals surface area contributed by atoms with Crippen LogP contribution in [0.1, 0.15) is 19.0 Å². The fourth-order valence-electron chi connectivity index (χ4n) is 2.46. The Morgan fingerprint density at radius 2 is 2.38 bits per heavy atom. The fraction of sp³-hybridized carbons (Fsp3) is 0.750. The molecule has 16 heavy (non-hydrogen) atoms. The molecule has 2 heterocycles. The van der Waals surface area contributed by atoms with Crippen molar-refractivity contribution < 1.29 is 0 Å². The molecular weight excluding hydrogens is 200 g/mol. The zero-order valence-electron chi connectivity index (χ0n) is 10.5. The quantitative estimate of drug-likeness (QED) is 0.830. The molecule has 4 heteroatoms. The summed E-state index contributed by atoms with van der Waals surface area (Å²) < 4.78 is 1.91. The van der Waals surface area contributed by atoms with Crippen LogP contribution in [0.3, 0.4) is 0 Å². The van der Waals surface area contributed by atoms with Crippen molar-refractivity contribution in [3.63, 3.8) is 0 Å². The van der Waals surface area contributed by atoms with Crippen LogP contribution in [0.25, 0.3) is 0 Å². The smallest absolute Gasteiger partial charge is 0.0827 e. The van der Waals surface area contributed by atoms with Gasteiger partial charge in [0.1, 0.15) is 0 Å². The number of nitrogens with zero attached hydrogens (tertiary/aromatic N) is 3. The van der Waals surface area contributed by atoms with Gasteiger partial charge in [0.05, 0.1) is 11.4 Å². The minimum absolute atomic E-state index is 0.791. The maximum Gasteiger partial charge on any atom is 0.0827 e. The molecule has 1 aliphatic heterocycles. The van der Waals surface area contributed by atoms with E-state index in [1.165, 1.54) is 25.2 Å². The van der Waals surface area contributed by atoms with Gasteiger partial charge in [-0.15, -0.1) is 0 Å². The molecule has 4 nitrogen and oxygen atoms in total. The van der Waals surface area contributed by atoms with Crippen molar-refractivity contribution in [2.75, 3.05) is 31.1 Å². The van der Waals surface area contributed by atoms with E-state index in [0.29, 0.717) is 0 Å². The van der Waals surface area contributed by atoms with Crippen molar-refractivity contribution in [3.8, 4) is 0 Å². The van der Waals surface area contributed by atoms with Gasteiger partial charge in [-0.25, -0.2) is 0 Å². The van der Waals surface area contributed by atoms with E-state index in [0.717, 1.165) is 24.7 Å². The molecule has 90 valence electrons. The molecule has 1 saturated heterocycles. The van der Waals surface area contributed by atoms with Crippen molar-refractivity contribution in [1.29, 1.82) is 0 Å². The molecule has 1 aliphatic rings. The van der Waals surface area contributed by atoms with Crippen molar-refractivity contribution in [2.24, 2.45) is 13.0 Å². The third kappa shape index (κ3) is 2.38. The predicted octanol–water partition coefficient (Wildman–Crippen LogP) is 1.16. The van der Waals surface area contributed by atoms with Crippen LogP contribution in [-0.4, -0.2) is 36.0 Å². The Hall–Kier alpha value is -1.03. The molecule has 0 bridgehead atoms. The van der Waals surface area contributed by atoms with Gasteiger partial charge < -0.3 is 10.2 Å². The molecule has 2 rings (SSSR count). The Balaban J connectivity index is 1.95. The number of hydrogen-bond acceptors (Lipinski definition) is 3. The van der Waals surface area contributed by atoms with E-state index in [1.807, 2.05) is 11.7 Å². The highest BCUT2D eigenvalue weighted by atomic mass is 15.3. The van der Waals surface area contributed by atoms with Gasteiger partial charge in [-0.05, 0) is 32.4 Å². The second-order valence-corrected chi connectivity index (χ2v) is 4.68. The second kappa shape index (κ2) is 4.87. The molecule has 0 saturated carbocycles. The molecule has 0 spiro atoms. The Kier molecular flexibility index (Phi) is 3.49. The Morgan fingerprint density at radius 3 is 3.00 bits per heavy atom. The number of anilines is 1. The van der Waals surface area contributed by atoms with Gasteiger partial charge in [-0.1, -0.05) is 6.92 Å². The van der Waals surface area contributed by atoms with Crippen molar-refractivity contribution >= 4 is 5.69 Å². The van der Waals surface area contributed by atoms with Crippen LogP contribution in [0.15, 0.2) is 6.20 Å². The Bertz CT molecular complexity index is 345. The molecule has 1 fully saturated rings. The summed E-state index contributed by atoms with van der Waals surface area (Å²) in [6.45, 7) is 8.81. The third-order valence-electron chi connectivity index (χ3n) is 3.30. The molecule has 0 radical (unpaired) electrons. The van der Waals surface area contributed by atoms with Gasteiger partial charge in [-0.3, -0.25) is 4.68 Å². The number of rotatable bonds is 4. The van der Waals surface area contributed by atoms with Gasteiger partial charge in [0, 0.05) is 26.3 Å². The van der Waals surface area contributed by atoms with Crippen LogP contribution in [0.2, 0.25) is 0 Å². The van der Waals surface area contributed by atoms with Gasteiger partial charge >= 0.3 is 0 Å². The molecule has 1 atom stereocenters. The van der Waals surface area contributed by atoms with Gasteiger partial charge in [-0.2, -0.15) is 5.10 Å². The minimum atomic E-state index is 0.791. The molecule has 0 aromatic carbocycles. The predicted molar refractivity (Wildman–Crippen MR) is 66.8 cm³/mol. The monoisotopic (exact) mass is 222 g/mol. The first kappa shape index (κ1) is 11.5. The molecule has 1 N–H and O–H groups in total. The Labute approximate surface area is 97.6 Å². The van der Waals surface area contributed by atoms with Crippen LogP contribution in [0.4, 0.5) is 5.69 Å². The Morgan fingerprint density at radius 1 is 1.56 bits per heavy atom. The number of aromatic nitrogens is 2. The van der Waals surface area contributed by atoms with Gasteiger partial charge in [0.15, 0.2) is 0 Å². The maximum atomic E-state index is 4.40. The highest BCUT2D eigenvalue weighted by Gasteiger charge is 2.24. The molecule has 1 aromatic rings. The van der Waals surface area contributed by atoms with Crippen LogP contribution in [0.5, 0.6) is 0 Å². The lowest BCUT2D eigenvalue weighted by atomic mass is 10.1. The number of nitrogens with one attached hydrogen (secondary N) is 1. The largest absolute Gasteiger partial charge is 0.368 e. The van der Waals surface area contributed by atoms with Crippen molar-refractivity contribution in [2.45, 2.75) is 20.3 Å².